The van der Waals surface area contributed by atoms with Gasteiger partial charge in [0.2, 0.25) is 0 Å². The lowest BCUT2D eigenvalue weighted by molar-refractivity contribution is 0.0194. The van der Waals surface area contributed by atoms with E-state index >= 15 is 0 Å². The van der Waals surface area contributed by atoms with Crippen molar-refractivity contribution in [3.8, 4) is 5.75 Å². The van der Waals surface area contributed by atoms with E-state index < -0.39 is 8.32 Å². The zero-order valence-electron chi connectivity index (χ0n) is 19.1. The Hall–Kier alpha value is -0.373. The van der Waals surface area contributed by atoms with Crippen molar-refractivity contribution in [1.82, 2.24) is 0 Å². The number of ether oxygens (including phenoxy) is 2. The topological polar surface area (TPSA) is 27.7 Å². The van der Waals surface area contributed by atoms with E-state index in [1.165, 1.54) is 3.58 Å². The quantitative estimate of drug-likeness (QED) is 0.242. The number of benzene rings is 1. The van der Waals surface area contributed by atoms with Crippen LogP contribution >= 0.6 is 22.6 Å². The maximum absolute atomic E-state index is 6.85. The predicted octanol–water partition coefficient (Wildman–Crippen LogP) is 7.21. The van der Waals surface area contributed by atoms with E-state index in [0.717, 1.165) is 11.3 Å². The Balaban J connectivity index is 2.80. The van der Waals surface area contributed by atoms with Crippen LogP contribution in [0.5, 0.6) is 5.75 Å². The maximum Gasteiger partial charge on any atom is 0.192 e. The second kappa shape index (κ2) is 11.1. The molecule has 0 heterocycles. The second-order valence-corrected chi connectivity index (χ2v) is 15.8. The minimum Gasteiger partial charge on any atom is -0.497 e. The number of rotatable bonds is 10. The summed E-state index contributed by atoms with van der Waals surface area (Å²) in [5.74, 6) is 1.54. The van der Waals surface area contributed by atoms with Crippen molar-refractivity contribution in [3.05, 3.63) is 39.5 Å². The summed E-state index contributed by atoms with van der Waals surface area (Å²) in [6.45, 7) is 19.5. The summed E-state index contributed by atoms with van der Waals surface area (Å²) in [7, 11) is -0.176. The summed E-state index contributed by atoms with van der Waals surface area (Å²) in [6, 6.07) is 8.05. The van der Waals surface area contributed by atoms with Gasteiger partial charge in [0.05, 0.1) is 26.4 Å². The lowest BCUT2D eigenvalue weighted by Gasteiger charge is -2.42. The van der Waals surface area contributed by atoms with Gasteiger partial charge in [-0.3, -0.25) is 0 Å². The average Bonchev–Trinajstić information content (AvgIpc) is 2.58. The summed E-state index contributed by atoms with van der Waals surface area (Å²) in [5, 5.41) is 0.192. The van der Waals surface area contributed by atoms with Gasteiger partial charge in [0, 0.05) is 11.8 Å². The molecule has 0 aliphatic carbocycles. The molecule has 0 N–H and O–H groups in total. The van der Waals surface area contributed by atoms with Crippen LogP contribution in [-0.2, 0) is 15.8 Å². The molecule has 5 heteroatoms. The van der Waals surface area contributed by atoms with E-state index in [-0.39, 0.29) is 11.1 Å². The zero-order chi connectivity index (χ0) is 21.5. The first kappa shape index (κ1) is 25.7. The molecule has 0 radical (unpaired) electrons. The summed E-state index contributed by atoms with van der Waals surface area (Å²) in [5.41, 5.74) is 1.16. The van der Waals surface area contributed by atoms with Crippen molar-refractivity contribution in [2.75, 3.05) is 13.7 Å². The smallest absolute Gasteiger partial charge is 0.192 e. The zero-order valence-corrected chi connectivity index (χ0v) is 22.3. The first-order valence-electron chi connectivity index (χ1n) is 10.1. The van der Waals surface area contributed by atoms with Crippen LogP contribution in [0.25, 0.3) is 0 Å². The Kier molecular flexibility index (Phi) is 10.2. The normalized spacial score (nSPS) is 16.6. The fraction of sp³-hybridized carbons (Fsp3) is 0.652. The molecule has 28 heavy (non-hydrogen) atoms. The van der Waals surface area contributed by atoms with Gasteiger partial charge in [-0.15, -0.1) is 0 Å². The summed E-state index contributed by atoms with van der Waals surface area (Å²) in [4.78, 5) is 0. The molecule has 0 saturated carbocycles. The molecule has 0 aliphatic heterocycles. The number of hydrogen-bond donors (Lipinski definition) is 0. The first-order chi connectivity index (χ1) is 12.9. The third kappa shape index (κ3) is 8.17. The van der Waals surface area contributed by atoms with Gasteiger partial charge in [0.25, 0.3) is 0 Å². The highest BCUT2D eigenvalue weighted by Gasteiger charge is 2.41. The molecule has 160 valence electrons. The highest BCUT2D eigenvalue weighted by Crippen LogP contribution is 2.39. The van der Waals surface area contributed by atoms with E-state index in [0.29, 0.717) is 25.0 Å². The van der Waals surface area contributed by atoms with Crippen LogP contribution in [0.3, 0.4) is 0 Å². The molecule has 3 atom stereocenters. The van der Waals surface area contributed by atoms with Crippen LogP contribution in [0.1, 0.15) is 47.1 Å². The molecule has 0 bridgehead atoms. The van der Waals surface area contributed by atoms with Gasteiger partial charge in [0.15, 0.2) is 8.32 Å². The summed E-state index contributed by atoms with van der Waals surface area (Å²) < 4.78 is 19.4. The molecule has 1 aromatic carbocycles. The highest BCUT2D eigenvalue weighted by atomic mass is 127. The average molecular weight is 519 g/mol. The Morgan fingerprint density at radius 1 is 1.14 bits per heavy atom. The summed E-state index contributed by atoms with van der Waals surface area (Å²) >= 11 is 2.39. The second-order valence-electron chi connectivity index (χ2n) is 9.30. The number of allylic oxidation sites excluding steroid dienone is 1. The van der Waals surface area contributed by atoms with Gasteiger partial charge in [-0.1, -0.05) is 52.8 Å². The highest BCUT2D eigenvalue weighted by molar-refractivity contribution is 14.1. The SMILES string of the molecule is COc1ccc(COC[C@H](C)[C@H](O[Si](C)(C)C(C)(C)C)[C@@H](C)C=C(C)I)cc1. The van der Waals surface area contributed by atoms with Gasteiger partial charge in [0.1, 0.15) is 5.75 Å². The van der Waals surface area contributed by atoms with E-state index in [1.54, 1.807) is 7.11 Å². The lowest BCUT2D eigenvalue weighted by Crippen LogP contribution is -2.47. The van der Waals surface area contributed by atoms with Crippen LogP contribution in [-0.4, -0.2) is 28.1 Å². The molecular formula is C23H39IO3Si. The van der Waals surface area contributed by atoms with Crippen molar-refractivity contribution < 1.29 is 13.9 Å². The van der Waals surface area contributed by atoms with Crippen molar-refractivity contribution in [2.45, 2.75) is 72.4 Å². The minimum atomic E-state index is -1.86. The Labute approximate surface area is 187 Å². The molecule has 0 spiro atoms. The molecule has 0 aromatic heterocycles. The van der Waals surface area contributed by atoms with Crippen LogP contribution < -0.4 is 4.74 Å². The molecule has 0 aliphatic rings. The Morgan fingerprint density at radius 3 is 2.18 bits per heavy atom. The molecular weight excluding hydrogens is 479 g/mol. The fourth-order valence-corrected chi connectivity index (χ4v) is 4.94. The van der Waals surface area contributed by atoms with Crippen LogP contribution in [0, 0.1) is 11.8 Å². The molecule has 3 nitrogen and oxygen atoms in total. The van der Waals surface area contributed by atoms with Gasteiger partial charge < -0.3 is 13.9 Å². The number of methoxy groups -OCH3 is 1. The minimum absolute atomic E-state index is 0.154. The first-order valence-corrected chi connectivity index (χ1v) is 14.1. The van der Waals surface area contributed by atoms with Crippen molar-refractivity contribution in [1.29, 1.82) is 0 Å². The largest absolute Gasteiger partial charge is 0.497 e. The Morgan fingerprint density at radius 2 is 1.71 bits per heavy atom. The van der Waals surface area contributed by atoms with Gasteiger partial charge in [-0.2, -0.15) is 0 Å². The molecule has 0 unspecified atom stereocenters. The molecule has 0 amide bonds. The monoisotopic (exact) mass is 518 g/mol. The molecule has 1 aromatic rings. The predicted molar refractivity (Wildman–Crippen MR) is 131 cm³/mol. The van der Waals surface area contributed by atoms with Gasteiger partial charge in [-0.05, 0) is 68.9 Å². The third-order valence-electron chi connectivity index (χ3n) is 5.62. The number of halogens is 1. The Bertz CT molecular complexity index is 616. The van der Waals surface area contributed by atoms with E-state index in [9.17, 15) is 0 Å². The van der Waals surface area contributed by atoms with Crippen LogP contribution in [0.15, 0.2) is 33.9 Å². The van der Waals surface area contributed by atoms with E-state index in [2.05, 4.69) is 95.4 Å². The maximum atomic E-state index is 6.85. The van der Waals surface area contributed by atoms with E-state index in [4.69, 9.17) is 13.9 Å². The molecule has 1 rings (SSSR count). The van der Waals surface area contributed by atoms with Gasteiger partial charge >= 0.3 is 0 Å². The van der Waals surface area contributed by atoms with Crippen molar-refractivity contribution in [3.63, 3.8) is 0 Å². The standard InChI is InChI=1S/C23H39IO3Si/c1-17(14-19(3)24)22(27-28(8,9)23(4,5)6)18(2)15-26-16-20-10-12-21(25-7)13-11-20/h10-14,17-18,22H,15-16H2,1-9H3/t17-,18-,22+/m0/s1. The van der Waals surface area contributed by atoms with Crippen LogP contribution in [0.2, 0.25) is 18.1 Å². The lowest BCUT2D eigenvalue weighted by atomic mass is 9.94. The van der Waals surface area contributed by atoms with Gasteiger partial charge in [-0.25, -0.2) is 0 Å². The van der Waals surface area contributed by atoms with Crippen molar-refractivity contribution in [2.24, 2.45) is 11.8 Å². The fourth-order valence-electron chi connectivity index (χ4n) is 2.90. The van der Waals surface area contributed by atoms with Crippen LogP contribution in [0.4, 0.5) is 0 Å². The van der Waals surface area contributed by atoms with Crippen molar-refractivity contribution >= 4 is 30.9 Å². The molecule has 0 fully saturated rings. The summed E-state index contributed by atoms with van der Waals surface area (Å²) in [6.07, 6.45) is 2.47. The number of hydrogen-bond acceptors (Lipinski definition) is 3. The van der Waals surface area contributed by atoms with E-state index in [1.807, 2.05) is 12.1 Å². The molecule has 0 saturated heterocycles. The third-order valence-corrected chi connectivity index (χ3v) is 10.5.